The smallest absolute Gasteiger partial charge is 0.229 e. The minimum Gasteiger partial charge on any atom is -0.366 e. The molecule has 3 saturated heterocycles. The fourth-order valence-corrected chi connectivity index (χ4v) is 2.94. The molecule has 0 aromatic rings. The Morgan fingerprint density at radius 2 is 2.11 bits per heavy atom. The van der Waals surface area contributed by atoms with Gasteiger partial charge in [-0.15, -0.1) is 12.3 Å². The predicted molar refractivity (Wildman–Crippen MR) is 61.4 cm³/mol. The zero-order valence-corrected chi connectivity index (χ0v) is 10.3. The van der Waals surface area contributed by atoms with Crippen molar-refractivity contribution in [2.75, 3.05) is 13.2 Å². The van der Waals surface area contributed by atoms with Crippen LogP contribution < -0.4 is 0 Å². The molecule has 96 valence electrons. The third-order valence-electron chi connectivity index (χ3n) is 4.32. The van der Waals surface area contributed by atoms with Gasteiger partial charge < -0.3 is 9.47 Å². The topological polar surface area (TPSA) is 59.1 Å². The number of ether oxygens (including phenoxy) is 2. The quantitative estimate of drug-likeness (QED) is 0.404. The van der Waals surface area contributed by atoms with Gasteiger partial charge in [0, 0.05) is 19.3 Å². The van der Waals surface area contributed by atoms with Crippen molar-refractivity contribution >= 4 is 11.8 Å². The maximum Gasteiger partial charge on any atom is 0.229 e. The number of terminal acetylenes is 1. The number of carbonyl (C=O) groups excluding carboxylic acids is 2. The summed E-state index contributed by atoms with van der Waals surface area (Å²) in [4.78, 5) is 24.7. The van der Waals surface area contributed by atoms with Crippen LogP contribution in [0.4, 0.5) is 0 Å². The van der Waals surface area contributed by atoms with Crippen LogP contribution in [0.3, 0.4) is 0 Å². The Hall–Kier alpha value is -1.38. The lowest BCUT2D eigenvalue weighted by molar-refractivity contribution is -0.148. The molecule has 0 bridgehead atoms. The normalized spacial score (nSPS) is 42.0. The molecule has 0 aromatic heterocycles. The summed E-state index contributed by atoms with van der Waals surface area (Å²) in [6.45, 7) is 2.63. The first-order valence-corrected chi connectivity index (χ1v) is 6.11. The lowest BCUT2D eigenvalue weighted by atomic mass is 9.84. The van der Waals surface area contributed by atoms with E-state index in [1.165, 1.54) is 4.90 Å². The van der Waals surface area contributed by atoms with Crippen LogP contribution in [0.15, 0.2) is 0 Å². The van der Waals surface area contributed by atoms with Crippen molar-refractivity contribution in [1.29, 1.82) is 0 Å². The number of hydrogen-bond donors (Lipinski definition) is 0. The minimum absolute atomic E-state index is 0.0404. The Morgan fingerprint density at radius 1 is 1.44 bits per heavy atom. The number of hydrogen-bond acceptors (Lipinski definition) is 4. The molecule has 5 nitrogen and oxygen atoms in total. The summed E-state index contributed by atoms with van der Waals surface area (Å²) in [7, 11) is 0. The third kappa shape index (κ3) is 1.36. The summed E-state index contributed by atoms with van der Waals surface area (Å²) < 4.78 is 11.4. The second-order valence-electron chi connectivity index (χ2n) is 5.27. The highest BCUT2D eigenvalue weighted by Crippen LogP contribution is 2.54. The van der Waals surface area contributed by atoms with E-state index in [0.29, 0.717) is 13.0 Å². The SMILES string of the molecule is C#CC[C@]1(CN2C(=O)CCC2=O)OC[C@@H]2O[C@@]21C. The van der Waals surface area contributed by atoms with Crippen molar-refractivity contribution < 1.29 is 19.1 Å². The molecular formula is C13H15NO4. The van der Waals surface area contributed by atoms with Crippen molar-refractivity contribution in [3.8, 4) is 12.3 Å². The number of amides is 2. The van der Waals surface area contributed by atoms with Crippen LogP contribution >= 0.6 is 0 Å². The van der Waals surface area contributed by atoms with E-state index in [4.69, 9.17) is 15.9 Å². The molecule has 3 rings (SSSR count). The van der Waals surface area contributed by atoms with E-state index in [-0.39, 0.29) is 37.3 Å². The molecule has 2 amide bonds. The molecule has 5 heteroatoms. The molecule has 0 unspecified atom stereocenters. The first kappa shape index (κ1) is 11.7. The zero-order valence-electron chi connectivity index (χ0n) is 10.3. The molecule has 3 fully saturated rings. The predicted octanol–water partition coefficient (Wildman–Crippen LogP) is 0.0852. The molecule has 0 spiro atoms. The lowest BCUT2D eigenvalue weighted by Gasteiger charge is -2.35. The zero-order chi connectivity index (χ0) is 13.0. The van der Waals surface area contributed by atoms with E-state index in [1.54, 1.807) is 0 Å². The summed E-state index contributed by atoms with van der Waals surface area (Å²) >= 11 is 0. The van der Waals surface area contributed by atoms with Crippen molar-refractivity contribution in [3.05, 3.63) is 0 Å². The number of carbonyl (C=O) groups is 2. The monoisotopic (exact) mass is 249 g/mol. The van der Waals surface area contributed by atoms with Crippen LogP contribution in [0.25, 0.3) is 0 Å². The Balaban J connectivity index is 1.86. The van der Waals surface area contributed by atoms with Gasteiger partial charge in [-0.2, -0.15) is 0 Å². The van der Waals surface area contributed by atoms with Crippen molar-refractivity contribution in [1.82, 2.24) is 4.90 Å². The maximum atomic E-state index is 11.7. The van der Waals surface area contributed by atoms with Crippen molar-refractivity contribution in [2.24, 2.45) is 0 Å². The van der Waals surface area contributed by atoms with Gasteiger partial charge >= 0.3 is 0 Å². The molecule has 3 atom stereocenters. The second-order valence-corrected chi connectivity index (χ2v) is 5.27. The standard InChI is InChI=1S/C13H15NO4/c1-3-6-13(12(2)9(18-12)7-17-13)8-14-10(15)4-5-11(14)16/h1,9H,4-8H2,2H3/t9-,12-,13+/m0/s1. The fourth-order valence-electron chi connectivity index (χ4n) is 2.94. The van der Waals surface area contributed by atoms with Crippen molar-refractivity contribution in [3.63, 3.8) is 0 Å². The first-order valence-electron chi connectivity index (χ1n) is 6.11. The molecule has 3 heterocycles. The highest BCUT2D eigenvalue weighted by Gasteiger charge is 2.72. The van der Waals surface area contributed by atoms with Gasteiger partial charge in [-0.1, -0.05) is 0 Å². The Morgan fingerprint density at radius 3 is 2.56 bits per heavy atom. The maximum absolute atomic E-state index is 11.7. The van der Waals surface area contributed by atoms with Gasteiger partial charge in [0.2, 0.25) is 11.8 Å². The van der Waals surface area contributed by atoms with Gasteiger partial charge in [-0.3, -0.25) is 14.5 Å². The summed E-state index contributed by atoms with van der Waals surface area (Å²) in [5, 5.41) is 0. The average Bonchev–Trinajstić information content (AvgIpc) is 2.83. The van der Waals surface area contributed by atoms with Gasteiger partial charge in [0.1, 0.15) is 17.3 Å². The molecule has 0 radical (unpaired) electrons. The molecule has 0 aromatic carbocycles. The van der Waals surface area contributed by atoms with E-state index >= 15 is 0 Å². The Kier molecular flexibility index (Phi) is 2.31. The highest BCUT2D eigenvalue weighted by molar-refractivity contribution is 6.02. The van der Waals surface area contributed by atoms with Crippen molar-refractivity contribution in [2.45, 2.75) is 43.5 Å². The highest BCUT2D eigenvalue weighted by atomic mass is 16.7. The molecular weight excluding hydrogens is 234 g/mol. The first-order chi connectivity index (χ1) is 8.52. The van der Waals surface area contributed by atoms with E-state index in [2.05, 4.69) is 5.92 Å². The Labute approximate surface area is 105 Å². The van der Waals surface area contributed by atoms with Crippen LogP contribution in [0.2, 0.25) is 0 Å². The number of imide groups is 1. The summed E-state index contributed by atoms with van der Waals surface area (Å²) in [6.07, 6.45) is 6.35. The van der Waals surface area contributed by atoms with E-state index in [9.17, 15) is 9.59 Å². The van der Waals surface area contributed by atoms with Crippen LogP contribution in [0.1, 0.15) is 26.2 Å². The molecule has 18 heavy (non-hydrogen) atoms. The summed E-state index contributed by atoms with van der Waals surface area (Å²) in [5.74, 6) is 2.29. The van der Waals surface area contributed by atoms with E-state index in [1.807, 2.05) is 6.92 Å². The summed E-state index contributed by atoms with van der Waals surface area (Å²) in [5.41, 5.74) is -1.19. The molecule has 0 aliphatic carbocycles. The molecule has 0 N–H and O–H groups in total. The number of nitrogens with zero attached hydrogens (tertiary/aromatic N) is 1. The van der Waals surface area contributed by atoms with Gasteiger partial charge in [0.15, 0.2) is 0 Å². The number of fused-ring (bicyclic) bond motifs is 1. The second kappa shape index (κ2) is 3.56. The molecule has 3 aliphatic rings. The van der Waals surface area contributed by atoms with Gasteiger partial charge in [-0.25, -0.2) is 0 Å². The van der Waals surface area contributed by atoms with Crippen LogP contribution in [-0.4, -0.2) is 47.2 Å². The van der Waals surface area contributed by atoms with Gasteiger partial charge in [-0.05, 0) is 6.92 Å². The number of rotatable bonds is 3. The molecule has 0 saturated carbocycles. The molecule has 3 aliphatic heterocycles. The minimum atomic E-state index is -0.734. The van der Waals surface area contributed by atoms with Crippen LogP contribution in [0.5, 0.6) is 0 Å². The largest absolute Gasteiger partial charge is 0.366 e. The van der Waals surface area contributed by atoms with Gasteiger partial charge in [0.05, 0.1) is 13.2 Å². The van der Waals surface area contributed by atoms with Crippen LogP contribution in [-0.2, 0) is 19.1 Å². The van der Waals surface area contributed by atoms with Crippen LogP contribution in [0, 0.1) is 12.3 Å². The van der Waals surface area contributed by atoms with Gasteiger partial charge in [0.25, 0.3) is 0 Å². The average molecular weight is 249 g/mol. The number of likely N-dealkylation sites (tertiary alicyclic amines) is 1. The fraction of sp³-hybridized carbons (Fsp3) is 0.692. The lowest BCUT2D eigenvalue weighted by Crippen LogP contribution is -2.53. The van der Waals surface area contributed by atoms with E-state index < -0.39 is 11.2 Å². The third-order valence-corrected chi connectivity index (χ3v) is 4.32. The van der Waals surface area contributed by atoms with E-state index in [0.717, 1.165) is 0 Å². The number of epoxide rings is 1. The summed E-state index contributed by atoms with van der Waals surface area (Å²) in [6, 6.07) is 0. The Bertz CT molecular complexity index is 450.